The van der Waals surface area contributed by atoms with Crippen LogP contribution < -0.4 is 10.6 Å². The number of hydrogen-bond acceptors (Lipinski definition) is 3. The molecule has 0 bridgehead atoms. The average Bonchev–Trinajstić information content (AvgIpc) is 3.49. The van der Waals surface area contributed by atoms with E-state index in [0.717, 1.165) is 16.5 Å². The number of nitrogens with one attached hydrogen (secondary N) is 2. The lowest BCUT2D eigenvalue weighted by atomic mass is 10.1. The number of pyridine rings is 1. The molecule has 0 saturated heterocycles. The van der Waals surface area contributed by atoms with E-state index in [-0.39, 0.29) is 23.7 Å². The fraction of sp³-hybridized carbons (Fsp3) is 0.227. The van der Waals surface area contributed by atoms with E-state index in [1.54, 1.807) is 6.20 Å². The molecule has 1 aromatic heterocycles. The van der Waals surface area contributed by atoms with Gasteiger partial charge in [-0.05, 0) is 42.7 Å². The van der Waals surface area contributed by atoms with Crippen LogP contribution in [-0.4, -0.2) is 23.3 Å². The Morgan fingerprint density at radius 3 is 2.68 bits per heavy atom. The minimum absolute atomic E-state index is 0.0711. The summed E-state index contributed by atoms with van der Waals surface area (Å²) < 4.78 is 0. The minimum Gasteiger partial charge on any atom is -0.356 e. The predicted octanol–water partition coefficient (Wildman–Crippen LogP) is 3.82. The van der Waals surface area contributed by atoms with E-state index in [4.69, 9.17) is 11.6 Å². The van der Waals surface area contributed by atoms with Gasteiger partial charge in [-0.15, -0.1) is 0 Å². The molecule has 2 atom stereocenters. The number of halogens is 1. The molecule has 28 heavy (non-hydrogen) atoms. The third kappa shape index (κ3) is 4.15. The van der Waals surface area contributed by atoms with Crippen LogP contribution >= 0.6 is 11.6 Å². The van der Waals surface area contributed by atoms with E-state index in [9.17, 15) is 9.59 Å². The molecule has 1 heterocycles. The molecule has 142 valence electrons. The highest BCUT2D eigenvalue weighted by Gasteiger charge is 2.47. The number of benzene rings is 2. The Morgan fingerprint density at radius 1 is 1.04 bits per heavy atom. The number of fused-ring (bicyclic) bond motifs is 1. The summed E-state index contributed by atoms with van der Waals surface area (Å²) in [7, 11) is 0. The van der Waals surface area contributed by atoms with Gasteiger partial charge in [-0.3, -0.25) is 14.6 Å². The highest BCUT2D eigenvalue weighted by atomic mass is 35.5. The first-order valence-corrected chi connectivity index (χ1v) is 9.66. The van der Waals surface area contributed by atoms with Gasteiger partial charge in [0.05, 0.1) is 23.0 Å². The molecule has 2 amide bonds. The molecular formula is C22H20ClN3O2. The summed E-state index contributed by atoms with van der Waals surface area (Å²) in [6.07, 6.45) is 2.98. The first-order chi connectivity index (χ1) is 13.6. The summed E-state index contributed by atoms with van der Waals surface area (Å²) in [4.78, 5) is 29.2. The van der Waals surface area contributed by atoms with Crippen molar-refractivity contribution in [3.05, 3.63) is 71.4 Å². The average molecular weight is 394 g/mol. The standard InChI is InChI=1S/C22H20ClN3O2/c23-16-7-1-4-14(12-16)9-11-25-21(27)17-13-18(17)22(28)26-19-8-2-5-15-6-3-10-24-20(15)19/h1-8,10,12,17-18H,9,11,13H2,(H,25,27)(H,26,28). The van der Waals surface area contributed by atoms with E-state index in [2.05, 4.69) is 15.6 Å². The molecule has 4 rings (SSSR count). The van der Waals surface area contributed by atoms with E-state index in [1.165, 1.54) is 0 Å². The molecule has 3 aromatic rings. The fourth-order valence-corrected chi connectivity index (χ4v) is 3.57. The summed E-state index contributed by atoms with van der Waals surface area (Å²) >= 11 is 5.97. The van der Waals surface area contributed by atoms with Crippen molar-refractivity contribution < 1.29 is 9.59 Å². The lowest BCUT2D eigenvalue weighted by Crippen LogP contribution is -2.29. The molecule has 1 saturated carbocycles. The van der Waals surface area contributed by atoms with Gasteiger partial charge in [-0.1, -0.05) is 41.9 Å². The summed E-state index contributed by atoms with van der Waals surface area (Å²) in [5, 5.41) is 7.49. The van der Waals surface area contributed by atoms with Crippen molar-refractivity contribution in [1.29, 1.82) is 0 Å². The summed E-state index contributed by atoms with van der Waals surface area (Å²) in [6, 6.07) is 17.0. The van der Waals surface area contributed by atoms with Gasteiger partial charge in [-0.25, -0.2) is 0 Å². The molecule has 0 radical (unpaired) electrons. The molecule has 0 spiro atoms. The Morgan fingerprint density at radius 2 is 1.82 bits per heavy atom. The Labute approximate surface area is 168 Å². The van der Waals surface area contributed by atoms with Crippen LogP contribution in [0, 0.1) is 11.8 Å². The van der Waals surface area contributed by atoms with Crippen molar-refractivity contribution in [2.45, 2.75) is 12.8 Å². The van der Waals surface area contributed by atoms with Gasteiger partial charge in [0.2, 0.25) is 11.8 Å². The largest absolute Gasteiger partial charge is 0.356 e. The SMILES string of the molecule is O=C(NCCc1cccc(Cl)c1)C1CC1C(=O)Nc1cccc2cccnc12. The molecule has 1 aliphatic carbocycles. The molecule has 2 unspecified atom stereocenters. The number of para-hydroxylation sites is 1. The fourth-order valence-electron chi connectivity index (χ4n) is 3.36. The van der Waals surface area contributed by atoms with Gasteiger partial charge in [0, 0.05) is 23.2 Å². The van der Waals surface area contributed by atoms with E-state index in [0.29, 0.717) is 30.1 Å². The molecule has 0 aliphatic heterocycles. The Balaban J connectivity index is 1.29. The number of nitrogens with zero attached hydrogens (tertiary/aromatic N) is 1. The monoisotopic (exact) mass is 393 g/mol. The molecule has 2 N–H and O–H groups in total. The van der Waals surface area contributed by atoms with Crippen molar-refractivity contribution in [2.75, 3.05) is 11.9 Å². The summed E-state index contributed by atoms with van der Waals surface area (Å²) in [6.45, 7) is 0.525. The number of hydrogen-bond donors (Lipinski definition) is 2. The van der Waals surface area contributed by atoms with Gasteiger partial charge >= 0.3 is 0 Å². The van der Waals surface area contributed by atoms with Crippen molar-refractivity contribution in [1.82, 2.24) is 10.3 Å². The van der Waals surface area contributed by atoms with E-state index in [1.807, 2.05) is 54.6 Å². The Kier molecular flexibility index (Phi) is 5.26. The van der Waals surface area contributed by atoms with Crippen molar-refractivity contribution >= 4 is 40.0 Å². The third-order valence-electron chi connectivity index (χ3n) is 4.96. The van der Waals surface area contributed by atoms with Crippen LogP contribution in [0.25, 0.3) is 10.9 Å². The summed E-state index contributed by atoms with van der Waals surface area (Å²) in [5.41, 5.74) is 2.50. The van der Waals surface area contributed by atoms with Gasteiger partial charge < -0.3 is 10.6 Å². The number of aromatic nitrogens is 1. The van der Waals surface area contributed by atoms with E-state index < -0.39 is 0 Å². The zero-order valence-electron chi connectivity index (χ0n) is 15.2. The van der Waals surface area contributed by atoms with E-state index >= 15 is 0 Å². The maximum Gasteiger partial charge on any atom is 0.228 e. The molecule has 2 aromatic carbocycles. The lowest BCUT2D eigenvalue weighted by molar-refractivity contribution is -0.125. The number of carbonyl (C=O) groups is 2. The number of rotatable bonds is 6. The third-order valence-corrected chi connectivity index (χ3v) is 5.19. The number of carbonyl (C=O) groups excluding carboxylic acids is 2. The van der Waals surface area contributed by atoms with Gasteiger partial charge in [0.15, 0.2) is 0 Å². The van der Waals surface area contributed by atoms with Gasteiger partial charge in [0.25, 0.3) is 0 Å². The molecule has 1 fully saturated rings. The normalized spacial score (nSPS) is 17.9. The highest BCUT2D eigenvalue weighted by molar-refractivity contribution is 6.30. The highest BCUT2D eigenvalue weighted by Crippen LogP contribution is 2.39. The lowest BCUT2D eigenvalue weighted by Gasteiger charge is -2.08. The summed E-state index contributed by atoms with van der Waals surface area (Å²) in [5.74, 6) is -0.751. The number of anilines is 1. The second kappa shape index (κ2) is 7.98. The maximum absolute atomic E-state index is 12.5. The van der Waals surface area contributed by atoms with Crippen LogP contribution in [0.1, 0.15) is 12.0 Å². The zero-order chi connectivity index (χ0) is 19.5. The van der Waals surface area contributed by atoms with Crippen LogP contribution in [0.2, 0.25) is 5.02 Å². The van der Waals surface area contributed by atoms with Crippen molar-refractivity contribution in [3.8, 4) is 0 Å². The molecule has 6 heteroatoms. The second-order valence-corrected chi connectivity index (χ2v) is 7.43. The first-order valence-electron chi connectivity index (χ1n) is 9.28. The Hall–Kier alpha value is -2.92. The maximum atomic E-state index is 12.5. The predicted molar refractivity (Wildman–Crippen MR) is 110 cm³/mol. The van der Waals surface area contributed by atoms with Gasteiger partial charge in [0.1, 0.15) is 0 Å². The van der Waals surface area contributed by atoms with Gasteiger partial charge in [-0.2, -0.15) is 0 Å². The van der Waals surface area contributed by atoms with Crippen LogP contribution in [0.4, 0.5) is 5.69 Å². The molecule has 1 aliphatic rings. The smallest absolute Gasteiger partial charge is 0.228 e. The second-order valence-electron chi connectivity index (χ2n) is 6.99. The Bertz CT molecular complexity index is 1030. The van der Waals surface area contributed by atoms with Crippen LogP contribution in [-0.2, 0) is 16.0 Å². The molecule has 5 nitrogen and oxygen atoms in total. The van der Waals surface area contributed by atoms with Crippen molar-refractivity contribution in [2.24, 2.45) is 11.8 Å². The van der Waals surface area contributed by atoms with Crippen LogP contribution in [0.3, 0.4) is 0 Å². The zero-order valence-corrected chi connectivity index (χ0v) is 15.9. The van der Waals surface area contributed by atoms with Crippen molar-refractivity contribution in [3.63, 3.8) is 0 Å². The quantitative estimate of drug-likeness (QED) is 0.668. The van der Waals surface area contributed by atoms with Crippen LogP contribution in [0.15, 0.2) is 60.8 Å². The number of amides is 2. The molecular weight excluding hydrogens is 374 g/mol. The topological polar surface area (TPSA) is 71.1 Å². The minimum atomic E-state index is -0.287. The first kappa shape index (κ1) is 18.4. The van der Waals surface area contributed by atoms with Crippen LogP contribution in [0.5, 0.6) is 0 Å².